The van der Waals surface area contributed by atoms with Gasteiger partial charge in [0.1, 0.15) is 30.8 Å². The van der Waals surface area contributed by atoms with Gasteiger partial charge in [0.15, 0.2) is 0 Å². The number of aliphatic carboxylic acids is 2. The minimum absolute atomic E-state index is 0.0777. The van der Waals surface area contributed by atoms with E-state index >= 15 is 0 Å². The molecular formula is C37H43N5O10. The number of nitrogens with one attached hydrogen (secondary N) is 5. The van der Waals surface area contributed by atoms with Gasteiger partial charge >= 0.3 is 18.0 Å². The van der Waals surface area contributed by atoms with E-state index in [4.69, 9.17) is 4.74 Å². The van der Waals surface area contributed by atoms with Crippen molar-refractivity contribution in [1.82, 2.24) is 26.6 Å². The first-order valence-corrected chi connectivity index (χ1v) is 16.6. The monoisotopic (exact) mass is 717 g/mol. The second kappa shape index (κ2) is 21.1. The molecule has 0 heterocycles. The number of benzene rings is 3. The van der Waals surface area contributed by atoms with Crippen molar-refractivity contribution < 1.29 is 48.5 Å². The smallest absolute Gasteiger partial charge is 0.408 e. The molecule has 0 bridgehead atoms. The van der Waals surface area contributed by atoms with Crippen molar-refractivity contribution in [1.29, 1.82) is 0 Å². The van der Waals surface area contributed by atoms with Gasteiger partial charge in [-0.05, 0) is 23.1 Å². The number of rotatable bonds is 20. The van der Waals surface area contributed by atoms with E-state index in [0.717, 1.165) is 5.56 Å². The zero-order valence-corrected chi connectivity index (χ0v) is 28.6. The predicted octanol–water partition coefficient (Wildman–Crippen LogP) is 1.70. The van der Waals surface area contributed by atoms with Crippen LogP contribution in [0.15, 0.2) is 91.0 Å². The van der Waals surface area contributed by atoms with E-state index in [0.29, 0.717) is 24.1 Å². The molecule has 0 aliphatic heterocycles. The molecule has 0 saturated heterocycles. The molecule has 3 rings (SSSR count). The summed E-state index contributed by atoms with van der Waals surface area (Å²) in [6, 6.07) is 19.9. The van der Waals surface area contributed by atoms with Gasteiger partial charge in [-0.25, -0.2) is 4.79 Å². The van der Waals surface area contributed by atoms with Gasteiger partial charge in [-0.3, -0.25) is 28.8 Å². The van der Waals surface area contributed by atoms with Gasteiger partial charge in [0.05, 0.1) is 12.8 Å². The Kier molecular flexibility index (Phi) is 16.3. The van der Waals surface area contributed by atoms with Gasteiger partial charge < -0.3 is 41.5 Å². The van der Waals surface area contributed by atoms with Gasteiger partial charge in [-0.1, -0.05) is 97.9 Å². The summed E-state index contributed by atoms with van der Waals surface area (Å²) in [7, 11) is 0. The number of carbonyl (C=O) groups excluding carboxylic acids is 5. The maximum absolute atomic E-state index is 13.8. The molecule has 276 valence electrons. The first-order valence-electron chi connectivity index (χ1n) is 16.6. The normalized spacial score (nSPS) is 12.9. The third-order valence-corrected chi connectivity index (χ3v) is 7.59. The topological polar surface area (TPSA) is 229 Å². The molecule has 0 unspecified atom stereocenters. The van der Waals surface area contributed by atoms with Crippen molar-refractivity contribution in [2.24, 2.45) is 0 Å². The van der Waals surface area contributed by atoms with E-state index in [9.17, 15) is 43.8 Å². The molecule has 15 nitrogen and oxygen atoms in total. The van der Waals surface area contributed by atoms with Gasteiger partial charge in [0, 0.05) is 19.4 Å². The summed E-state index contributed by atoms with van der Waals surface area (Å²) in [4.78, 5) is 89.7. The first-order chi connectivity index (χ1) is 24.9. The molecule has 7 N–H and O–H groups in total. The van der Waals surface area contributed by atoms with Crippen LogP contribution in [0.5, 0.6) is 0 Å². The lowest BCUT2D eigenvalue weighted by molar-refractivity contribution is -0.141. The van der Waals surface area contributed by atoms with Crippen molar-refractivity contribution in [3.8, 4) is 0 Å². The number of alkyl carbamates (subject to hydrolysis) is 1. The fourth-order valence-corrected chi connectivity index (χ4v) is 4.98. The quantitative estimate of drug-likeness (QED) is 0.0895. The molecule has 5 amide bonds. The number of amides is 5. The second-order valence-corrected chi connectivity index (χ2v) is 11.8. The Hall–Kier alpha value is -6.25. The standard InChI is InChI=1S/C37H43N5O10/c1-2-18-38-33(47)27(19-24-12-6-3-7-13-24)39-35(49)29(21-31(43)44)41-34(48)28(20-25-14-8-4-9-15-25)40-36(50)30(22-32(45)46)42-37(51)52-23-26-16-10-5-11-17-26/h3-17,27-30H,2,18-23H2,1H3,(H,38,47)(H,39,49)(H,40,50)(H,41,48)(H,42,51)(H,43,44)(H,45,46)/t27-,28-,29-,30-/m0/s1. The van der Waals surface area contributed by atoms with Crippen LogP contribution in [0, 0.1) is 0 Å². The minimum atomic E-state index is -1.68. The van der Waals surface area contributed by atoms with Gasteiger partial charge in [-0.15, -0.1) is 0 Å². The summed E-state index contributed by atoms with van der Waals surface area (Å²) in [6.45, 7) is 2.02. The molecule has 15 heteroatoms. The van der Waals surface area contributed by atoms with Crippen molar-refractivity contribution >= 4 is 41.7 Å². The highest BCUT2D eigenvalue weighted by Gasteiger charge is 2.33. The second-order valence-electron chi connectivity index (χ2n) is 11.8. The third-order valence-electron chi connectivity index (χ3n) is 7.59. The number of carboxylic acid groups (broad SMARTS) is 2. The van der Waals surface area contributed by atoms with Crippen molar-refractivity contribution in [3.05, 3.63) is 108 Å². The zero-order valence-electron chi connectivity index (χ0n) is 28.6. The van der Waals surface area contributed by atoms with E-state index in [-0.39, 0.29) is 19.4 Å². The molecule has 3 aromatic rings. The summed E-state index contributed by atoms with van der Waals surface area (Å²) in [6.07, 6.45) is -2.27. The zero-order chi connectivity index (χ0) is 37.9. The number of hydrogen-bond donors (Lipinski definition) is 7. The van der Waals surface area contributed by atoms with E-state index in [2.05, 4.69) is 26.6 Å². The number of hydrogen-bond acceptors (Lipinski definition) is 8. The maximum Gasteiger partial charge on any atom is 0.408 e. The lowest BCUT2D eigenvalue weighted by Gasteiger charge is -2.26. The summed E-state index contributed by atoms with van der Waals surface area (Å²) < 4.78 is 5.13. The Balaban J connectivity index is 1.81. The van der Waals surface area contributed by atoms with Crippen molar-refractivity contribution in [2.75, 3.05) is 6.54 Å². The maximum atomic E-state index is 13.8. The SMILES string of the molecule is CCCNC(=O)[C@H](Cc1ccccc1)NC(=O)[C@H](CC(=O)O)NC(=O)[C@H](Cc1ccccc1)NC(=O)[C@H](CC(=O)O)NC(=O)OCc1ccccc1. The Bertz CT molecular complexity index is 1660. The average Bonchev–Trinajstić information content (AvgIpc) is 3.12. The summed E-state index contributed by atoms with van der Waals surface area (Å²) in [5, 5.41) is 31.4. The van der Waals surface area contributed by atoms with Gasteiger partial charge in [0.25, 0.3) is 0 Å². The highest BCUT2D eigenvalue weighted by molar-refractivity contribution is 5.97. The van der Waals surface area contributed by atoms with Gasteiger partial charge in [-0.2, -0.15) is 0 Å². The molecule has 4 atom stereocenters. The molecule has 0 radical (unpaired) electrons. The summed E-state index contributed by atoms with van der Waals surface area (Å²) >= 11 is 0. The largest absolute Gasteiger partial charge is 0.481 e. The van der Waals surface area contributed by atoms with Crippen LogP contribution < -0.4 is 26.6 Å². The molecule has 0 spiro atoms. The van der Waals surface area contributed by atoms with E-state index in [1.54, 1.807) is 91.0 Å². The van der Waals surface area contributed by atoms with Crippen molar-refractivity contribution in [3.63, 3.8) is 0 Å². The third kappa shape index (κ3) is 14.3. The molecule has 0 aromatic heterocycles. The molecule has 52 heavy (non-hydrogen) atoms. The average molecular weight is 718 g/mol. The number of carbonyl (C=O) groups is 7. The van der Waals surface area contributed by atoms with Crippen LogP contribution in [0.2, 0.25) is 0 Å². The van der Waals surface area contributed by atoms with E-state index < -0.39 is 78.7 Å². The van der Waals surface area contributed by atoms with Crippen LogP contribution in [0.25, 0.3) is 0 Å². The number of ether oxygens (including phenoxy) is 1. The molecule has 0 aliphatic carbocycles. The fourth-order valence-electron chi connectivity index (χ4n) is 4.98. The fraction of sp³-hybridized carbons (Fsp3) is 0.324. The van der Waals surface area contributed by atoms with Crippen LogP contribution in [0.3, 0.4) is 0 Å². The van der Waals surface area contributed by atoms with Crippen LogP contribution >= 0.6 is 0 Å². The van der Waals surface area contributed by atoms with Crippen LogP contribution in [-0.4, -0.2) is 82.6 Å². The summed E-state index contributed by atoms with van der Waals surface area (Å²) in [5.41, 5.74) is 1.92. The number of carboxylic acids is 2. The van der Waals surface area contributed by atoms with E-state index in [1.165, 1.54) is 0 Å². The highest BCUT2D eigenvalue weighted by atomic mass is 16.5. The molecule has 3 aromatic carbocycles. The predicted molar refractivity (Wildman–Crippen MR) is 187 cm³/mol. The lowest BCUT2D eigenvalue weighted by atomic mass is 10.0. The lowest BCUT2D eigenvalue weighted by Crippen LogP contribution is -2.59. The Morgan fingerprint density at radius 2 is 0.923 bits per heavy atom. The molecule has 0 fully saturated rings. The Labute approximate surface area is 300 Å². The summed E-state index contributed by atoms with van der Waals surface area (Å²) in [5.74, 6) is -6.36. The van der Waals surface area contributed by atoms with E-state index in [1.807, 2.05) is 6.92 Å². The molecule has 0 aliphatic rings. The highest BCUT2D eigenvalue weighted by Crippen LogP contribution is 2.09. The Morgan fingerprint density at radius 1 is 0.538 bits per heavy atom. The van der Waals surface area contributed by atoms with Gasteiger partial charge in [0.2, 0.25) is 23.6 Å². The van der Waals surface area contributed by atoms with Crippen LogP contribution in [-0.2, 0) is 53.0 Å². The first kappa shape index (κ1) is 40.2. The molecule has 0 saturated carbocycles. The van der Waals surface area contributed by atoms with Crippen molar-refractivity contribution in [2.45, 2.75) is 69.8 Å². The molecular weight excluding hydrogens is 674 g/mol. The van der Waals surface area contributed by atoms with Crippen LogP contribution in [0.1, 0.15) is 42.9 Å². The minimum Gasteiger partial charge on any atom is -0.481 e. The van der Waals surface area contributed by atoms with Crippen LogP contribution in [0.4, 0.5) is 4.79 Å². The Morgan fingerprint density at radius 3 is 1.37 bits per heavy atom.